The van der Waals surface area contributed by atoms with Crippen molar-refractivity contribution in [2.45, 2.75) is 229 Å². The third kappa shape index (κ3) is 15.7. The normalized spacial score (nSPS) is 35.4. The van der Waals surface area contributed by atoms with E-state index in [0.29, 0.717) is 64.4 Å². The third-order valence-electron chi connectivity index (χ3n) is 24.3. The number of thioether (sulfide) groups is 1. The predicted molar refractivity (Wildman–Crippen MR) is 351 cm³/mol. The number of carbonyl (C=O) groups is 2. The van der Waals surface area contributed by atoms with Crippen LogP contribution in [-0.4, -0.2) is 92.0 Å². The first-order chi connectivity index (χ1) is 44.3. The zero-order valence-corrected chi connectivity index (χ0v) is 55.5. The van der Waals surface area contributed by atoms with Crippen molar-refractivity contribution in [1.82, 2.24) is 5.32 Å². The van der Waals surface area contributed by atoms with Gasteiger partial charge in [0.2, 0.25) is 5.91 Å². The van der Waals surface area contributed by atoms with Crippen LogP contribution in [0.25, 0.3) is 0 Å². The average molecular weight is 1270 g/mol. The summed E-state index contributed by atoms with van der Waals surface area (Å²) < 4.78 is 66.7. The highest BCUT2D eigenvalue weighted by atomic mass is 32.2. The van der Waals surface area contributed by atoms with Gasteiger partial charge in [0.25, 0.3) is 0 Å². The van der Waals surface area contributed by atoms with Gasteiger partial charge in [0, 0.05) is 57.4 Å². The lowest BCUT2D eigenvalue weighted by Gasteiger charge is -2.56. The van der Waals surface area contributed by atoms with Crippen LogP contribution >= 0.6 is 11.8 Å². The molecule has 3 aromatic carbocycles. The van der Waals surface area contributed by atoms with Crippen molar-refractivity contribution >= 4 is 22.8 Å². The van der Waals surface area contributed by atoms with E-state index in [9.17, 15) is 9.59 Å². The summed E-state index contributed by atoms with van der Waals surface area (Å²) >= 11 is 0.999. The van der Waals surface area contributed by atoms with Crippen molar-refractivity contribution in [2.75, 3.05) is 58.6 Å². The molecule has 14 heteroatoms. The zero-order valence-electron chi connectivity index (χ0n) is 54.7. The predicted octanol–water partition coefficient (Wildman–Crippen LogP) is 15.8. The van der Waals surface area contributed by atoms with Crippen LogP contribution in [0.5, 0.6) is 34.5 Å². The molecule has 0 atom stereocenters. The maximum atomic E-state index is 13.0. The van der Waals surface area contributed by atoms with Crippen LogP contribution in [-0.2, 0) is 48.3 Å². The fourth-order valence-corrected chi connectivity index (χ4v) is 22.8. The lowest BCUT2D eigenvalue weighted by Crippen LogP contribution is -2.52. The minimum absolute atomic E-state index is 0.0504. The zero-order chi connectivity index (χ0) is 61.4. The Bertz CT molecular complexity index is 2550. The van der Waals surface area contributed by atoms with Crippen molar-refractivity contribution in [3.05, 3.63) is 71.3 Å². The first-order valence-electron chi connectivity index (χ1n) is 36.5. The molecule has 0 spiro atoms. The molecule has 0 aromatic heterocycles. The molecular weight excluding hydrogens is 1160 g/mol. The number of amides is 1. The Labute approximate surface area is 546 Å². The molecule has 0 radical (unpaired) electrons. The van der Waals surface area contributed by atoms with E-state index in [4.69, 9.17) is 47.4 Å². The van der Waals surface area contributed by atoms with Gasteiger partial charge in [0.1, 0.15) is 47.7 Å². The van der Waals surface area contributed by atoms with Gasteiger partial charge in [-0.1, -0.05) is 11.8 Å². The van der Waals surface area contributed by atoms with Crippen LogP contribution in [0.4, 0.5) is 0 Å². The first kappa shape index (κ1) is 62.9. The van der Waals surface area contributed by atoms with Gasteiger partial charge in [-0.2, -0.15) is 0 Å². The molecule has 496 valence electrons. The van der Waals surface area contributed by atoms with E-state index in [2.05, 4.69) is 29.6 Å². The molecule has 13 nitrogen and oxygen atoms in total. The molecule has 19 rings (SSSR count). The maximum Gasteiger partial charge on any atom is 0.230 e. The SMILES string of the molecule is CC(=O)SCC(=O)NCc1cc(OCc2cc(OCCCOC34CC5CC(CC(C5)C3)C4)cc(OCCCOC34CC5CC(CC(C5)C3)C4)c2)cc(OCc2cc(OCCCOC34CC5CC(CC(C5)C3)C4)cc(OCCCOC34CC5CC(CC(C5)C3)C4)c2)c1. The second-order valence-electron chi connectivity index (χ2n) is 32.2. The molecule has 0 saturated heterocycles. The maximum absolute atomic E-state index is 13.0. The number of carbonyl (C=O) groups excluding carboxylic acids is 2. The topological polar surface area (TPSA) is 138 Å². The largest absolute Gasteiger partial charge is 0.493 e. The van der Waals surface area contributed by atoms with Crippen LogP contribution in [0.2, 0.25) is 0 Å². The van der Waals surface area contributed by atoms with Crippen LogP contribution in [0.1, 0.15) is 203 Å². The summed E-state index contributed by atoms with van der Waals surface area (Å²) in [5.74, 6) is 14.2. The first-order valence-corrected chi connectivity index (χ1v) is 37.5. The van der Waals surface area contributed by atoms with Gasteiger partial charge in [-0.3, -0.25) is 9.59 Å². The second kappa shape index (κ2) is 27.5. The van der Waals surface area contributed by atoms with E-state index in [-0.39, 0.29) is 58.9 Å². The summed E-state index contributed by atoms with van der Waals surface area (Å²) in [4.78, 5) is 24.7. The van der Waals surface area contributed by atoms with Crippen molar-refractivity contribution in [3.63, 3.8) is 0 Å². The lowest BCUT2D eigenvalue weighted by molar-refractivity contribution is -0.163. The molecule has 0 aliphatic heterocycles. The van der Waals surface area contributed by atoms with Crippen molar-refractivity contribution in [3.8, 4) is 34.5 Å². The summed E-state index contributed by atoms with van der Waals surface area (Å²) in [7, 11) is 0. The third-order valence-corrected chi connectivity index (χ3v) is 25.1. The molecule has 0 unspecified atom stereocenters. The molecule has 1 N–H and O–H groups in total. The van der Waals surface area contributed by atoms with Crippen LogP contribution in [0.3, 0.4) is 0 Å². The molecule has 3 aromatic rings. The molecule has 91 heavy (non-hydrogen) atoms. The highest BCUT2D eigenvalue weighted by molar-refractivity contribution is 8.14. The van der Waals surface area contributed by atoms with Gasteiger partial charge in [-0.15, -0.1) is 0 Å². The second-order valence-corrected chi connectivity index (χ2v) is 33.3. The molecule has 16 saturated carbocycles. The quantitative estimate of drug-likeness (QED) is 0.0568. The fraction of sp³-hybridized carbons (Fsp3) is 0.740. The summed E-state index contributed by atoms with van der Waals surface area (Å²) in [6.07, 6.45) is 35.0. The molecule has 16 aliphatic carbocycles. The van der Waals surface area contributed by atoms with E-state index in [1.54, 1.807) is 0 Å². The van der Waals surface area contributed by atoms with Gasteiger partial charge < -0.3 is 52.7 Å². The smallest absolute Gasteiger partial charge is 0.230 e. The molecule has 16 fully saturated rings. The number of hydrogen-bond donors (Lipinski definition) is 1. The summed E-state index contributed by atoms with van der Waals surface area (Å²) in [5, 5.41) is 2.91. The van der Waals surface area contributed by atoms with Gasteiger partial charge >= 0.3 is 0 Å². The van der Waals surface area contributed by atoms with E-state index in [1.165, 1.54) is 161 Å². The van der Waals surface area contributed by atoms with Gasteiger partial charge in [0.15, 0.2) is 5.12 Å². The molecule has 0 heterocycles. The van der Waals surface area contributed by atoms with Gasteiger partial charge in [-0.05, 0) is 278 Å². The Morgan fingerprint density at radius 1 is 0.352 bits per heavy atom. The fourth-order valence-electron chi connectivity index (χ4n) is 22.4. The Hall–Kier alpha value is -4.21. The Morgan fingerprint density at radius 2 is 0.593 bits per heavy atom. The number of nitrogens with one attached hydrogen (secondary N) is 1. The average Bonchev–Trinajstić information content (AvgIpc) is 0.813. The molecule has 16 aliphatic rings. The number of ether oxygens (including phenoxy) is 10. The lowest BCUT2D eigenvalue weighted by atomic mass is 9.54. The van der Waals surface area contributed by atoms with Crippen LogP contribution in [0, 0.1) is 71.0 Å². The standard InChI is InChI=1S/C77H105NO12S/c1-51(79)91-50-73(80)78-47-64-26-71(85-48-65-28-67(81-6-2-10-87-74-35-52-14-53(36-74)16-54(15-52)37-74)32-68(29-65)82-7-3-11-88-75-38-55-17-56(39-75)19-57(18-55)40-75)34-72(27-64)86-49-66-30-69(83-8-4-12-89-76-41-58-20-59(42-76)22-60(21-58)43-76)33-70(31-66)84-9-5-13-90-77-44-61-23-62(45-77)25-63(24-61)46-77/h26-34,52-63H,2-25,35-50H2,1H3,(H,78,80). The molecular formula is C77H105NO12S. The highest BCUT2D eigenvalue weighted by Crippen LogP contribution is 2.61. The van der Waals surface area contributed by atoms with Crippen molar-refractivity contribution < 1.29 is 57.0 Å². The number of rotatable bonds is 34. The Kier molecular flexibility index (Phi) is 19.0. The Balaban J connectivity index is 0.605. The minimum atomic E-state index is -0.222. The molecule has 1 amide bonds. The molecule has 16 bridgehead atoms. The van der Waals surface area contributed by atoms with Crippen molar-refractivity contribution in [2.24, 2.45) is 71.0 Å². The number of hydrogen-bond acceptors (Lipinski definition) is 13. The van der Waals surface area contributed by atoms with Gasteiger partial charge in [-0.25, -0.2) is 0 Å². The highest BCUT2D eigenvalue weighted by Gasteiger charge is 2.55. The van der Waals surface area contributed by atoms with E-state index < -0.39 is 0 Å². The Morgan fingerprint density at radius 3 is 0.846 bits per heavy atom. The van der Waals surface area contributed by atoms with Gasteiger partial charge in [0.05, 0.1) is 81.0 Å². The number of benzene rings is 3. The van der Waals surface area contributed by atoms with E-state index in [0.717, 1.165) is 148 Å². The van der Waals surface area contributed by atoms with Crippen LogP contribution in [0.15, 0.2) is 54.6 Å². The summed E-state index contributed by atoms with van der Waals surface area (Å²) in [5.41, 5.74) is 2.95. The summed E-state index contributed by atoms with van der Waals surface area (Å²) in [6, 6.07) is 18.0. The summed E-state index contributed by atoms with van der Waals surface area (Å²) in [6.45, 7) is 7.21. The minimum Gasteiger partial charge on any atom is -0.493 e. The van der Waals surface area contributed by atoms with Crippen molar-refractivity contribution in [1.29, 1.82) is 0 Å². The van der Waals surface area contributed by atoms with E-state index in [1.807, 2.05) is 30.3 Å². The van der Waals surface area contributed by atoms with E-state index >= 15 is 0 Å². The van der Waals surface area contributed by atoms with Crippen LogP contribution < -0.4 is 33.7 Å². The monoisotopic (exact) mass is 1270 g/mol.